The van der Waals surface area contributed by atoms with Crippen LogP contribution >= 0.6 is 0 Å². The summed E-state index contributed by atoms with van der Waals surface area (Å²) in [7, 11) is 0. The highest BCUT2D eigenvalue weighted by molar-refractivity contribution is 5.76. The summed E-state index contributed by atoms with van der Waals surface area (Å²) in [6.07, 6.45) is -9.51. The average molecular weight is 404 g/mol. The molecule has 4 unspecified atom stereocenters. The van der Waals surface area contributed by atoms with E-state index in [1.54, 1.807) is 0 Å². The Bertz CT molecular complexity index is 581. The minimum absolute atomic E-state index is 0.425. The molecule has 0 radical (unpaired) electrons. The highest BCUT2D eigenvalue weighted by Crippen LogP contribution is 2.58. The van der Waals surface area contributed by atoms with Gasteiger partial charge in [-0.2, -0.15) is 0 Å². The van der Waals surface area contributed by atoms with Gasteiger partial charge in [-0.3, -0.25) is 20.1 Å². The molecule has 0 aromatic rings. The molecular formula is C12H22NO14+. The standard InChI is InChI=1S/C12H21NO14/c1-8(17)4-10(19,20)13(8,12(24,25)26)9(2,18)5(3-6(14)15)27-7(16)11(21,22)23/h5,17-26H,3-4H2,1-2H3/p+1. The van der Waals surface area contributed by atoms with Gasteiger partial charge in [0.25, 0.3) is 0 Å². The third kappa shape index (κ3) is 3.39. The van der Waals surface area contributed by atoms with Crippen molar-refractivity contribution >= 4 is 11.9 Å². The Morgan fingerprint density at radius 2 is 1.52 bits per heavy atom. The van der Waals surface area contributed by atoms with Crippen molar-refractivity contribution in [1.29, 1.82) is 0 Å². The molecule has 1 aliphatic rings. The molecule has 0 spiro atoms. The Morgan fingerprint density at radius 1 is 1.07 bits per heavy atom. The second-order valence-corrected chi connectivity index (χ2v) is 6.66. The highest BCUT2D eigenvalue weighted by Gasteiger charge is 2.89. The number of carbonyl (C=O) groups excluding carboxylic acids is 1. The van der Waals surface area contributed by atoms with Crippen molar-refractivity contribution in [2.45, 2.75) is 62.2 Å². The van der Waals surface area contributed by atoms with Gasteiger partial charge in [0.15, 0.2) is 6.10 Å². The summed E-state index contributed by atoms with van der Waals surface area (Å²) in [5.41, 5.74) is -6.19. The molecular weight excluding hydrogens is 382 g/mol. The Kier molecular flexibility index (Phi) is 5.46. The first kappa shape index (κ1) is 23.5. The van der Waals surface area contributed by atoms with Crippen molar-refractivity contribution in [3.63, 3.8) is 0 Å². The van der Waals surface area contributed by atoms with Crippen LogP contribution in [0, 0.1) is 0 Å². The molecule has 11 N–H and O–H groups in total. The van der Waals surface area contributed by atoms with Gasteiger partial charge in [0.2, 0.25) is 11.4 Å². The third-order valence-corrected chi connectivity index (χ3v) is 4.45. The molecule has 1 rings (SSSR count). The minimum Gasteiger partial charge on any atom is -0.481 e. The Balaban J connectivity index is 3.62. The number of likely N-dealkylation sites (tertiary alicyclic amines) is 1. The smallest absolute Gasteiger partial charge is 0.451 e. The monoisotopic (exact) mass is 404 g/mol. The lowest BCUT2D eigenvalue weighted by Gasteiger charge is -2.68. The number of carboxylic acid groups (broad SMARTS) is 1. The third-order valence-electron chi connectivity index (χ3n) is 4.45. The van der Waals surface area contributed by atoms with E-state index in [0.29, 0.717) is 13.8 Å². The summed E-state index contributed by atoms with van der Waals surface area (Å²) in [5, 5.41) is 105. The number of aliphatic carboxylic acids is 1. The molecule has 0 bridgehead atoms. The minimum atomic E-state index is -4.35. The average Bonchev–Trinajstić information content (AvgIpc) is 2.30. The van der Waals surface area contributed by atoms with Crippen LogP contribution in [-0.2, 0) is 14.3 Å². The van der Waals surface area contributed by atoms with Gasteiger partial charge in [-0.25, -0.2) is 4.79 Å². The van der Waals surface area contributed by atoms with E-state index in [0.717, 1.165) is 0 Å². The number of carbonyl (C=O) groups is 2. The van der Waals surface area contributed by atoms with Crippen LogP contribution < -0.4 is 0 Å². The van der Waals surface area contributed by atoms with Gasteiger partial charge in [0.05, 0.1) is 6.42 Å². The molecule has 0 aromatic heterocycles. The second-order valence-electron chi connectivity index (χ2n) is 6.66. The molecule has 1 aliphatic heterocycles. The van der Waals surface area contributed by atoms with Gasteiger partial charge >= 0.3 is 29.9 Å². The van der Waals surface area contributed by atoms with Gasteiger partial charge in [-0.15, -0.1) is 4.48 Å². The molecule has 0 saturated carbocycles. The maximum absolute atomic E-state index is 11.5. The molecule has 1 fully saturated rings. The summed E-state index contributed by atoms with van der Waals surface area (Å²) in [4.78, 5) is 22.5. The molecule has 1 saturated heterocycles. The van der Waals surface area contributed by atoms with Crippen LogP contribution in [0.15, 0.2) is 0 Å². The van der Waals surface area contributed by atoms with Gasteiger partial charge in [-0.1, -0.05) is 0 Å². The first-order valence-electron chi connectivity index (χ1n) is 7.21. The molecule has 158 valence electrons. The number of quaternary nitrogens is 1. The Morgan fingerprint density at radius 3 is 1.78 bits per heavy atom. The van der Waals surface area contributed by atoms with E-state index in [-0.39, 0.29) is 0 Å². The number of hydrogen-bond acceptors (Lipinski definition) is 13. The normalized spacial score (nSPS) is 31.4. The topological polar surface area (TPSA) is 266 Å². The first-order valence-corrected chi connectivity index (χ1v) is 7.21. The summed E-state index contributed by atoms with van der Waals surface area (Å²) < 4.78 is 1.57. The lowest BCUT2D eigenvalue weighted by atomic mass is 9.81. The van der Waals surface area contributed by atoms with Crippen LogP contribution in [0.25, 0.3) is 0 Å². The fraction of sp³-hybridized carbons (Fsp3) is 0.833. The van der Waals surface area contributed by atoms with E-state index < -0.39 is 64.8 Å². The number of rotatable bonds is 7. The van der Waals surface area contributed by atoms with E-state index in [1.165, 1.54) is 0 Å². The van der Waals surface area contributed by atoms with Crippen LogP contribution in [0.5, 0.6) is 0 Å². The van der Waals surface area contributed by atoms with Crippen LogP contribution in [0.4, 0.5) is 0 Å². The van der Waals surface area contributed by atoms with Crippen molar-refractivity contribution in [2.24, 2.45) is 0 Å². The maximum Gasteiger partial charge on any atom is 0.451 e. The van der Waals surface area contributed by atoms with Crippen LogP contribution in [0.3, 0.4) is 0 Å². The number of esters is 1. The largest absolute Gasteiger partial charge is 0.481 e. The lowest BCUT2D eigenvalue weighted by Crippen LogP contribution is -2.98. The fourth-order valence-electron chi connectivity index (χ4n) is 3.63. The Hall–Kier alpha value is -1.50. The van der Waals surface area contributed by atoms with E-state index in [1.807, 2.05) is 0 Å². The van der Waals surface area contributed by atoms with Crippen molar-refractivity contribution in [2.75, 3.05) is 0 Å². The van der Waals surface area contributed by atoms with Crippen molar-refractivity contribution in [3.05, 3.63) is 0 Å². The van der Waals surface area contributed by atoms with Gasteiger partial charge in [-0.05, 0) is 0 Å². The molecule has 27 heavy (non-hydrogen) atoms. The zero-order valence-corrected chi connectivity index (χ0v) is 14.1. The van der Waals surface area contributed by atoms with Crippen molar-refractivity contribution in [3.8, 4) is 0 Å². The molecule has 0 aromatic carbocycles. The van der Waals surface area contributed by atoms with Crippen molar-refractivity contribution < 1.29 is 75.0 Å². The van der Waals surface area contributed by atoms with Crippen LogP contribution in [0.1, 0.15) is 26.7 Å². The lowest BCUT2D eigenvalue weighted by molar-refractivity contribution is -1.25. The van der Waals surface area contributed by atoms with E-state index in [2.05, 4.69) is 4.74 Å². The molecule has 15 heteroatoms. The summed E-state index contributed by atoms with van der Waals surface area (Å²) in [6, 6.07) is 0. The number of carboxylic acids is 1. The Labute approximate surface area is 150 Å². The zero-order chi connectivity index (χ0) is 21.9. The zero-order valence-electron chi connectivity index (χ0n) is 14.1. The molecule has 0 aliphatic carbocycles. The predicted octanol–water partition coefficient (Wildman–Crippen LogP) is -6.13. The fourth-order valence-corrected chi connectivity index (χ4v) is 3.63. The summed E-state index contributed by atoms with van der Waals surface area (Å²) >= 11 is 0. The first-order chi connectivity index (χ1) is 11.6. The second kappa shape index (κ2) is 6.26. The van der Waals surface area contributed by atoms with Crippen LogP contribution in [-0.4, -0.2) is 108 Å². The molecule has 0 amide bonds. The molecule has 15 nitrogen and oxygen atoms in total. The van der Waals surface area contributed by atoms with E-state index in [4.69, 9.17) is 20.4 Å². The van der Waals surface area contributed by atoms with Gasteiger partial charge in [0, 0.05) is 13.8 Å². The van der Waals surface area contributed by atoms with Gasteiger partial charge in [0.1, 0.15) is 6.42 Å². The number of nitrogens with zero attached hydrogens (tertiary/aromatic N) is 1. The maximum atomic E-state index is 11.5. The van der Waals surface area contributed by atoms with E-state index >= 15 is 0 Å². The summed E-state index contributed by atoms with van der Waals surface area (Å²) in [6.45, 7) is 1.12. The van der Waals surface area contributed by atoms with Crippen molar-refractivity contribution in [1.82, 2.24) is 0 Å². The molecule has 4 atom stereocenters. The quantitative estimate of drug-likeness (QED) is 0.107. The number of aliphatic hydroxyl groups is 10. The molecule has 1 heterocycles. The number of ether oxygens (including phenoxy) is 1. The SMILES string of the molecule is CC1(O)CC(O)(O)[N+]1(C(O)(O)O)C(C)(O)C(CC(=O)O)OC(=O)C(O)(O)O. The summed E-state index contributed by atoms with van der Waals surface area (Å²) in [5.74, 6) is -11.9. The number of hydrogen-bond donors (Lipinski definition) is 11. The van der Waals surface area contributed by atoms with E-state index in [9.17, 15) is 45.3 Å². The van der Waals surface area contributed by atoms with Crippen LogP contribution in [0.2, 0.25) is 0 Å². The van der Waals surface area contributed by atoms with Gasteiger partial charge < -0.3 is 45.6 Å². The predicted molar refractivity (Wildman–Crippen MR) is 74.2 cm³/mol. The highest BCUT2D eigenvalue weighted by atomic mass is 16.8.